The molecule has 2 heteroatoms. The van der Waals surface area contributed by atoms with E-state index in [9.17, 15) is 5.26 Å². The van der Waals surface area contributed by atoms with Crippen molar-refractivity contribution in [2.75, 3.05) is 7.11 Å². The fraction of sp³-hybridized carbons (Fsp3) is 0.118. The highest BCUT2D eigenvalue weighted by Gasteiger charge is 2.28. The van der Waals surface area contributed by atoms with Gasteiger partial charge >= 0.3 is 0 Å². The molecule has 0 amide bonds. The molecule has 1 unspecified atom stereocenters. The molecule has 2 aromatic carbocycles. The van der Waals surface area contributed by atoms with E-state index in [-0.39, 0.29) is 0 Å². The van der Waals surface area contributed by atoms with Gasteiger partial charge in [-0.05, 0) is 11.6 Å². The van der Waals surface area contributed by atoms with Crippen molar-refractivity contribution in [3.8, 4) is 6.07 Å². The molecule has 0 saturated carbocycles. The highest BCUT2D eigenvalue weighted by molar-refractivity contribution is 5.53. The van der Waals surface area contributed by atoms with Crippen molar-refractivity contribution in [2.45, 2.75) is 5.60 Å². The third kappa shape index (κ3) is 2.90. The number of hydrogen-bond acceptors (Lipinski definition) is 2. The topological polar surface area (TPSA) is 33.0 Å². The van der Waals surface area contributed by atoms with Crippen LogP contribution in [0, 0.1) is 11.3 Å². The van der Waals surface area contributed by atoms with Crippen LogP contribution in [0.2, 0.25) is 0 Å². The molecule has 0 fully saturated rings. The van der Waals surface area contributed by atoms with E-state index in [2.05, 4.69) is 6.07 Å². The molecule has 2 rings (SSSR count). The van der Waals surface area contributed by atoms with E-state index in [1.807, 2.05) is 66.7 Å². The van der Waals surface area contributed by atoms with Gasteiger partial charge in [-0.1, -0.05) is 66.7 Å². The number of rotatable bonds is 4. The minimum Gasteiger partial charge on any atom is -0.356 e. The van der Waals surface area contributed by atoms with Crippen LogP contribution < -0.4 is 0 Å². The molecule has 0 aliphatic rings. The molecule has 0 saturated heterocycles. The molecule has 0 heterocycles. The molecule has 0 aliphatic heterocycles. The standard InChI is InChI=1S/C17H15NO/c1-19-17(14-18,16-10-6-3-7-11-16)13-12-15-8-4-2-5-9-15/h2-13H,1H3/b13-12+. The molecule has 2 aromatic rings. The lowest BCUT2D eigenvalue weighted by Crippen LogP contribution is -2.23. The van der Waals surface area contributed by atoms with Crippen LogP contribution in [0.4, 0.5) is 0 Å². The van der Waals surface area contributed by atoms with Crippen LogP contribution in [-0.2, 0) is 10.3 Å². The van der Waals surface area contributed by atoms with Gasteiger partial charge in [0.05, 0.1) is 0 Å². The van der Waals surface area contributed by atoms with Crippen LogP contribution in [0.15, 0.2) is 66.7 Å². The van der Waals surface area contributed by atoms with E-state index in [0.717, 1.165) is 11.1 Å². The monoisotopic (exact) mass is 249 g/mol. The Morgan fingerprint density at radius 1 is 1.00 bits per heavy atom. The Morgan fingerprint density at radius 2 is 1.58 bits per heavy atom. The van der Waals surface area contributed by atoms with Gasteiger partial charge in [0.15, 0.2) is 5.60 Å². The Labute approximate surface area is 113 Å². The maximum absolute atomic E-state index is 9.48. The quantitative estimate of drug-likeness (QED) is 0.826. The summed E-state index contributed by atoms with van der Waals surface area (Å²) in [4.78, 5) is 0. The zero-order chi connectivity index (χ0) is 13.6. The number of nitriles is 1. The number of hydrogen-bond donors (Lipinski definition) is 0. The fourth-order valence-electron chi connectivity index (χ4n) is 1.89. The van der Waals surface area contributed by atoms with Crippen molar-refractivity contribution < 1.29 is 4.74 Å². The Bertz CT molecular complexity index is 584. The predicted octanol–water partition coefficient (Wildman–Crippen LogP) is 3.77. The van der Waals surface area contributed by atoms with Crippen molar-refractivity contribution in [3.05, 3.63) is 77.9 Å². The molecule has 1 atom stereocenters. The summed E-state index contributed by atoms with van der Waals surface area (Å²) in [5, 5.41) is 9.48. The Balaban J connectivity index is 2.37. The smallest absolute Gasteiger partial charge is 0.198 e. The Morgan fingerprint density at radius 3 is 2.11 bits per heavy atom. The SMILES string of the molecule is COC(C#N)(/C=C/c1ccccc1)c1ccccc1. The lowest BCUT2D eigenvalue weighted by atomic mass is 9.94. The number of nitrogens with zero attached hydrogens (tertiary/aromatic N) is 1. The van der Waals surface area contributed by atoms with Gasteiger partial charge in [-0.2, -0.15) is 5.26 Å². The average Bonchev–Trinajstić information content (AvgIpc) is 2.51. The highest BCUT2D eigenvalue weighted by Crippen LogP contribution is 2.26. The van der Waals surface area contributed by atoms with Gasteiger partial charge in [0.1, 0.15) is 6.07 Å². The van der Waals surface area contributed by atoms with E-state index < -0.39 is 5.60 Å². The molecule has 0 aromatic heterocycles. The molecular weight excluding hydrogens is 234 g/mol. The second-order valence-corrected chi connectivity index (χ2v) is 4.16. The summed E-state index contributed by atoms with van der Waals surface area (Å²) in [7, 11) is 1.55. The largest absolute Gasteiger partial charge is 0.356 e. The number of ether oxygens (including phenoxy) is 1. The fourth-order valence-corrected chi connectivity index (χ4v) is 1.89. The first-order chi connectivity index (χ1) is 9.30. The van der Waals surface area contributed by atoms with E-state index in [1.54, 1.807) is 13.2 Å². The Kier molecular flexibility index (Phi) is 4.12. The number of methoxy groups -OCH3 is 1. The zero-order valence-electron chi connectivity index (χ0n) is 10.8. The first kappa shape index (κ1) is 13.1. The van der Waals surface area contributed by atoms with E-state index in [0.29, 0.717) is 0 Å². The van der Waals surface area contributed by atoms with Gasteiger partial charge in [-0.3, -0.25) is 0 Å². The summed E-state index contributed by atoms with van der Waals surface area (Å²) in [6, 6.07) is 21.6. The average molecular weight is 249 g/mol. The predicted molar refractivity (Wildman–Crippen MR) is 76.2 cm³/mol. The maximum Gasteiger partial charge on any atom is 0.198 e. The van der Waals surface area contributed by atoms with Gasteiger partial charge in [-0.25, -0.2) is 0 Å². The summed E-state index contributed by atoms with van der Waals surface area (Å²) in [6.45, 7) is 0. The second kappa shape index (κ2) is 5.99. The zero-order valence-corrected chi connectivity index (χ0v) is 10.8. The molecule has 0 aliphatic carbocycles. The molecule has 2 nitrogen and oxygen atoms in total. The van der Waals surface area contributed by atoms with Crippen molar-refractivity contribution in [3.63, 3.8) is 0 Å². The van der Waals surface area contributed by atoms with Gasteiger partial charge in [0, 0.05) is 12.7 Å². The third-order valence-electron chi connectivity index (χ3n) is 3.00. The lowest BCUT2D eigenvalue weighted by molar-refractivity contribution is 0.0800. The van der Waals surface area contributed by atoms with E-state index >= 15 is 0 Å². The number of benzene rings is 2. The molecular formula is C17H15NO. The summed E-state index contributed by atoms with van der Waals surface area (Å²) >= 11 is 0. The van der Waals surface area contributed by atoms with Gasteiger partial charge in [0.25, 0.3) is 0 Å². The third-order valence-corrected chi connectivity index (χ3v) is 3.00. The summed E-state index contributed by atoms with van der Waals surface area (Å²) < 4.78 is 5.45. The van der Waals surface area contributed by atoms with Crippen LogP contribution in [-0.4, -0.2) is 7.11 Å². The lowest BCUT2D eigenvalue weighted by Gasteiger charge is -2.21. The second-order valence-electron chi connectivity index (χ2n) is 4.16. The van der Waals surface area contributed by atoms with Crippen molar-refractivity contribution in [1.82, 2.24) is 0 Å². The van der Waals surface area contributed by atoms with Crippen molar-refractivity contribution in [2.24, 2.45) is 0 Å². The van der Waals surface area contributed by atoms with Gasteiger partial charge in [0.2, 0.25) is 0 Å². The first-order valence-electron chi connectivity index (χ1n) is 6.07. The minimum atomic E-state index is -1.04. The molecule has 0 N–H and O–H groups in total. The molecule has 0 radical (unpaired) electrons. The van der Waals surface area contributed by atoms with Gasteiger partial charge < -0.3 is 4.74 Å². The highest BCUT2D eigenvalue weighted by atomic mass is 16.5. The van der Waals surface area contributed by atoms with E-state index in [4.69, 9.17) is 4.74 Å². The minimum absolute atomic E-state index is 0.826. The molecule has 94 valence electrons. The maximum atomic E-state index is 9.48. The molecule has 19 heavy (non-hydrogen) atoms. The van der Waals surface area contributed by atoms with Crippen LogP contribution in [0.25, 0.3) is 6.08 Å². The Hall–Kier alpha value is -2.37. The normalized spacial score (nSPS) is 13.9. The van der Waals surface area contributed by atoms with Crippen molar-refractivity contribution >= 4 is 6.08 Å². The van der Waals surface area contributed by atoms with Gasteiger partial charge in [-0.15, -0.1) is 0 Å². The van der Waals surface area contributed by atoms with Crippen molar-refractivity contribution in [1.29, 1.82) is 5.26 Å². The summed E-state index contributed by atoms with van der Waals surface area (Å²) in [6.07, 6.45) is 3.69. The molecule has 0 spiro atoms. The summed E-state index contributed by atoms with van der Waals surface area (Å²) in [5.41, 5.74) is 0.819. The van der Waals surface area contributed by atoms with Crippen LogP contribution in [0.5, 0.6) is 0 Å². The molecule has 0 bridgehead atoms. The van der Waals surface area contributed by atoms with Crippen LogP contribution in [0.1, 0.15) is 11.1 Å². The van der Waals surface area contributed by atoms with Crippen LogP contribution in [0.3, 0.4) is 0 Å². The van der Waals surface area contributed by atoms with E-state index in [1.165, 1.54) is 0 Å². The summed E-state index contributed by atoms with van der Waals surface area (Å²) in [5.74, 6) is 0. The first-order valence-corrected chi connectivity index (χ1v) is 6.07. The van der Waals surface area contributed by atoms with Crippen LogP contribution >= 0.6 is 0 Å².